The van der Waals surface area contributed by atoms with E-state index < -0.39 is 12.0 Å². The molecule has 0 aliphatic carbocycles. The Morgan fingerprint density at radius 3 is 3.07 bits per heavy atom. The van der Waals surface area contributed by atoms with Gasteiger partial charge in [-0.15, -0.1) is 6.42 Å². The fourth-order valence-electron chi connectivity index (χ4n) is 0.766. The highest BCUT2D eigenvalue weighted by Crippen LogP contribution is 1.91. The maximum atomic E-state index is 11.2. The van der Waals surface area contributed by atoms with Gasteiger partial charge in [-0.2, -0.15) is 0 Å². The predicted octanol–water partition coefficient (Wildman–Crippen LogP) is 0.451. The number of terminal acetylenes is 1. The number of nitrogens with zero attached hydrogens (tertiary/aromatic N) is 3. The molecule has 1 unspecified atom stereocenters. The summed E-state index contributed by atoms with van der Waals surface area (Å²) in [6, 6.07) is -0.665. The highest BCUT2D eigenvalue weighted by molar-refractivity contribution is 5.76. The fourth-order valence-corrected chi connectivity index (χ4v) is 0.766. The SMILES string of the molecule is C#CCNC(CN=[N+]=[N-])C(=O)OCC. The normalized spacial score (nSPS) is 10.9. The number of nitrogens with one attached hydrogen (secondary N) is 1. The highest BCUT2D eigenvalue weighted by Gasteiger charge is 2.17. The van der Waals surface area contributed by atoms with Crippen molar-refractivity contribution in [1.82, 2.24) is 5.32 Å². The molecule has 1 atom stereocenters. The van der Waals surface area contributed by atoms with E-state index in [0.717, 1.165) is 0 Å². The quantitative estimate of drug-likeness (QED) is 0.220. The molecule has 0 aromatic rings. The van der Waals surface area contributed by atoms with Crippen LogP contribution in [0.3, 0.4) is 0 Å². The van der Waals surface area contributed by atoms with Crippen molar-refractivity contribution >= 4 is 5.97 Å². The molecule has 0 spiro atoms. The van der Waals surface area contributed by atoms with Crippen molar-refractivity contribution in [1.29, 1.82) is 0 Å². The van der Waals surface area contributed by atoms with E-state index in [1.807, 2.05) is 0 Å². The molecule has 0 rings (SSSR count). The van der Waals surface area contributed by atoms with E-state index >= 15 is 0 Å². The zero-order valence-electron chi connectivity index (χ0n) is 7.93. The van der Waals surface area contributed by atoms with Crippen LogP contribution in [0.15, 0.2) is 5.11 Å². The minimum absolute atomic E-state index is 0.00296. The first-order valence-corrected chi connectivity index (χ1v) is 4.10. The van der Waals surface area contributed by atoms with Crippen LogP contribution in [0.25, 0.3) is 10.4 Å². The molecule has 76 valence electrons. The summed E-state index contributed by atoms with van der Waals surface area (Å²) in [6.45, 7) is 2.20. The first kappa shape index (κ1) is 12.3. The summed E-state index contributed by atoms with van der Waals surface area (Å²) in [5.74, 6) is 1.86. The van der Waals surface area contributed by atoms with Crippen LogP contribution in [-0.2, 0) is 9.53 Å². The van der Waals surface area contributed by atoms with Gasteiger partial charge in [-0.1, -0.05) is 11.0 Å². The van der Waals surface area contributed by atoms with Gasteiger partial charge >= 0.3 is 5.97 Å². The molecule has 14 heavy (non-hydrogen) atoms. The van der Waals surface area contributed by atoms with Crippen molar-refractivity contribution in [3.8, 4) is 12.3 Å². The van der Waals surface area contributed by atoms with Gasteiger partial charge < -0.3 is 4.74 Å². The molecule has 0 aromatic heterocycles. The van der Waals surface area contributed by atoms with Gasteiger partial charge in [0.2, 0.25) is 0 Å². The van der Waals surface area contributed by atoms with Crippen molar-refractivity contribution < 1.29 is 9.53 Å². The van der Waals surface area contributed by atoms with Crippen LogP contribution in [0.5, 0.6) is 0 Å². The molecular formula is C8H12N4O2. The molecule has 0 heterocycles. The van der Waals surface area contributed by atoms with E-state index in [4.69, 9.17) is 16.7 Å². The Labute approximate surface area is 82.3 Å². The third-order valence-corrected chi connectivity index (χ3v) is 1.35. The van der Waals surface area contributed by atoms with Crippen LogP contribution in [0.1, 0.15) is 6.92 Å². The molecule has 0 saturated carbocycles. The van der Waals surface area contributed by atoms with E-state index in [1.165, 1.54) is 0 Å². The fraction of sp³-hybridized carbons (Fsp3) is 0.625. The van der Waals surface area contributed by atoms with Gasteiger partial charge in [0.25, 0.3) is 0 Å². The van der Waals surface area contributed by atoms with Gasteiger partial charge in [-0.3, -0.25) is 10.1 Å². The van der Waals surface area contributed by atoms with Crippen molar-refractivity contribution in [2.45, 2.75) is 13.0 Å². The monoisotopic (exact) mass is 196 g/mol. The van der Waals surface area contributed by atoms with E-state index in [2.05, 4.69) is 21.3 Å². The second kappa shape index (κ2) is 7.92. The molecule has 0 aliphatic rings. The van der Waals surface area contributed by atoms with Crippen molar-refractivity contribution in [2.75, 3.05) is 19.7 Å². The van der Waals surface area contributed by atoms with Gasteiger partial charge in [-0.25, -0.2) is 0 Å². The molecule has 6 nitrogen and oxygen atoms in total. The molecule has 0 amide bonds. The number of carbonyl (C=O) groups is 1. The summed E-state index contributed by atoms with van der Waals surface area (Å²) in [5, 5.41) is 5.99. The van der Waals surface area contributed by atoms with Crippen molar-refractivity contribution in [3.05, 3.63) is 10.4 Å². The topological polar surface area (TPSA) is 87.1 Å². The summed E-state index contributed by atoms with van der Waals surface area (Å²) in [6.07, 6.45) is 5.01. The lowest BCUT2D eigenvalue weighted by Gasteiger charge is -2.12. The van der Waals surface area contributed by atoms with E-state index in [9.17, 15) is 4.79 Å². The number of esters is 1. The predicted molar refractivity (Wildman–Crippen MR) is 51.3 cm³/mol. The number of hydrogen-bond acceptors (Lipinski definition) is 4. The Morgan fingerprint density at radius 2 is 2.57 bits per heavy atom. The Morgan fingerprint density at radius 1 is 1.86 bits per heavy atom. The first-order valence-electron chi connectivity index (χ1n) is 4.10. The second-order valence-electron chi connectivity index (χ2n) is 2.30. The van der Waals surface area contributed by atoms with Gasteiger partial charge in [0.1, 0.15) is 6.04 Å². The molecule has 0 fully saturated rings. The zero-order valence-corrected chi connectivity index (χ0v) is 7.93. The standard InChI is InChI=1S/C8H12N4O2/c1-3-5-10-7(6-11-12-9)8(13)14-4-2/h1,7,10H,4-6H2,2H3. The Hall–Kier alpha value is -1.70. The van der Waals surface area contributed by atoms with Gasteiger partial charge in [-0.05, 0) is 12.5 Å². The lowest BCUT2D eigenvalue weighted by Crippen LogP contribution is -2.40. The van der Waals surface area contributed by atoms with Crippen LogP contribution in [-0.4, -0.2) is 31.7 Å². The average molecular weight is 196 g/mol. The summed E-state index contributed by atoms with van der Waals surface area (Å²) in [7, 11) is 0. The van der Waals surface area contributed by atoms with Gasteiger partial charge in [0.05, 0.1) is 19.7 Å². The number of azide groups is 1. The van der Waals surface area contributed by atoms with Gasteiger partial charge in [0.15, 0.2) is 0 Å². The lowest BCUT2D eigenvalue weighted by atomic mass is 10.3. The third kappa shape index (κ3) is 5.04. The van der Waals surface area contributed by atoms with Crippen LogP contribution >= 0.6 is 0 Å². The number of rotatable bonds is 6. The smallest absolute Gasteiger partial charge is 0.323 e. The molecule has 0 aliphatic heterocycles. The number of hydrogen-bond donors (Lipinski definition) is 1. The summed E-state index contributed by atoms with van der Waals surface area (Å²) in [5.41, 5.74) is 8.09. The highest BCUT2D eigenvalue weighted by atomic mass is 16.5. The minimum Gasteiger partial charge on any atom is -0.465 e. The molecule has 0 aromatic carbocycles. The van der Waals surface area contributed by atoms with Crippen molar-refractivity contribution in [2.24, 2.45) is 5.11 Å². The number of carbonyl (C=O) groups excluding carboxylic acids is 1. The molecule has 1 N–H and O–H groups in total. The number of ether oxygens (including phenoxy) is 1. The minimum atomic E-state index is -0.665. The maximum absolute atomic E-state index is 11.2. The summed E-state index contributed by atoms with van der Waals surface area (Å²) < 4.78 is 4.74. The second-order valence-corrected chi connectivity index (χ2v) is 2.30. The summed E-state index contributed by atoms with van der Waals surface area (Å²) in [4.78, 5) is 13.8. The Bertz CT molecular complexity index is 265. The van der Waals surface area contributed by atoms with Gasteiger partial charge in [0, 0.05) is 4.91 Å². The van der Waals surface area contributed by atoms with E-state index in [1.54, 1.807) is 6.92 Å². The molecule has 0 saturated heterocycles. The van der Waals surface area contributed by atoms with Crippen LogP contribution in [0, 0.1) is 12.3 Å². The third-order valence-electron chi connectivity index (χ3n) is 1.35. The summed E-state index contributed by atoms with van der Waals surface area (Å²) >= 11 is 0. The van der Waals surface area contributed by atoms with Crippen LogP contribution in [0.4, 0.5) is 0 Å². The molecule has 6 heteroatoms. The zero-order chi connectivity index (χ0) is 10.8. The molecule has 0 bridgehead atoms. The molecular weight excluding hydrogens is 184 g/mol. The Kier molecular flexibility index (Phi) is 6.96. The largest absolute Gasteiger partial charge is 0.465 e. The van der Waals surface area contributed by atoms with Crippen LogP contribution in [0.2, 0.25) is 0 Å². The molecule has 0 radical (unpaired) electrons. The Balaban J connectivity index is 4.15. The van der Waals surface area contributed by atoms with Crippen LogP contribution < -0.4 is 5.32 Å². The van der Waals surface area contributed by atoms with E-state index in [-0.39, 0.29) is 19.7 Å². The average Bonchev–Trinajstić information content (AvgIpc) is 2.18. The van der Waals surface area contributed by atoms with Crippen molar-refractivity contribution in [3.63, 3.8) is 0 Å². The lowest BCUT2D eigenvalue weighted by molar-refractivity contribution is -0.145. The first-order chi connectivity index (χ1) is 6.76. The maximum Gasteiger partial charge on any atom is 0.323 e. The van der Waals surface area contributed by atoms with E-state index in [0.29, 0.717) is 0 Å².